The lowest BCUT2D eigenvalue weighted by Crippen LogP contribution is -2.14. The molecule has 4 nitrogen and oxygen atoms in total. The molecule has 0 saturated heterocycles. The molecule has 1 N–H and O–H groups in total. The predicted octanol–water partition coefficient (Wildman–Crippen LogP) is 2.12. The van der Waals surface area contributed by atoms with Gasteiger partial charge in [-0.05, 0) is 33.5 Å². The quantitative estimate of drug-likeness (QED) is 0.916. The highest BCUT2D eigenvalue weighted by molar-refractivity contribution is 5.55. The number of aromatic nitrogens is 2. The predicted molar refractivity (Wildman–Crippen MR) is 77.2 cm³/mol. The lowest BCUT2D eigenvalue weighted by molar-refractivity contribution is 0.402. The molecule has 19 heavy (non-hydrogen) atoms. The van der Waals surface area contributed by atoms with Gasteiger partial charge in [-0.25, -0.2) is 4.98 Å². The summed E-state index contributed by atoms with van der Waals surface area (Å²) in [5.41, 5.74) is 3.55. The van der Waals surface area contributed by atoms with E-state index in [2.05, 4.69) is 27.0 Å². The van der Waals surface area contributed by atoms with Gasteiger partial charge in [-0.1, -0.05) is 24.3 Å². The first kappa shape index (κ1) is 13.5. The Morgan fingerprint density at radius 2 is 1.79 bits per heavy atom. The molecule has 0 aliphatic rings. The lowest BCUT2D eigenvalue weighted by atomic mass is 10.1. The van der Waals surface area contributed by atoms with Crippen molar-refractivity contribution in [2.24, 2.45) is 0 Å². The standard InChI is InChI=1S/C15H19N3O/c1-10-11(2)16-14(17-15(10)19)13-7-5-12(6-8-13)9-18(3)4/h5-8H,9H2,1-4H3,(H,16,17,19). The maximum absolute atomic E-state index is 11.7. The fourth-order valence-corrected chi connectivity index (χ4v) is 1.91. The number of nitrogens with zero attached hydrogens (tertiary/aromatic N) is 2. The summed E-state index contributed by atoms with van der Waals surface area (Å²) in [4.78, 5) is 21.1. The van der Waals surface area contributed by atoms with E-state index in [1.54, 1.807) is 6.92 Å². The molecule has 0 spiro atoms. The summed E-state index contributed by atoms with van der Waals surface area (Å²) in [6.07, 6.45) is 0. The minimum absolute atomic E-state index is 0.0696. The Morgan fingerprint density at radius 1 is 1.16 bits per heavy atom. The van der Waals surface area contributed by atoms with Crippen molar-refractivity contribution in [1.29, 1.82) is 0 Å². The molecule has 0 bridgehead atoms. The van der Waals surface area contributed by atoms with Gasteiger partial charge in [-0.3, -0.25) is 4.79 Å². The van der Waals surface area contributed by atoms with Gasteiger partial charge in [-0.2, -0.15) is 0 Å². The molecule has 1 heterocycles. The number of H-pyrrole nitrogens is 1. The number of hydrogen-bond donors (Lipinski definition) is 1. The van der Waals surface area contributed by atoms with Crippen molar-refractivity contribution in [2.45, 2.75) is 20.4 Å². The van der Waals surface area contributed by atoms with Crippen molar-refractivity contribution >= 4 is 0 Å². The van der Waals surface area contributed by atoms with Crippen LogP contribution >= 0.6 is 0 Å². The summed E-state index contributed by atoms with van der Waals surface area (Å²) in [6, 6.07) is 8.10. The lowest BCUT2D eigenvalue weighted by Gasteiger charge is -2.10. The van der Waals surface area contributed by atoms with Crippen LogP contribution in [0.5, 0.6) is 0 Å². The van der Waals surface area contributed by atoms with E-state index in [1.807, 2.05) is 33.2 Å². The van der Waals surface area contributed by atoms with Crippen LogP contribution in [0.3, 0.4) is 0 Å². The topological polar surface area (TPSA) is 49.0 Å². The van der Waals surface area contributed by atoms with Crippen LogP contribution in [0.4, 0.5) is 0 Å². The summed E-state index contributed by atoms with van der Waals surface area (Å²) in [5, 5.41) is 0. The molecule has 1 aromatic carbocycles. The average molecular weight is 257 g/mol. The fraction of sp³-hybridized carbons (Fsp3) is 0.333. The Hall–Kier alpha value is -1.94. The maximum atomic E-state index is 11.7. The summed E-state index contributed by atoms with van der Waals surface area (Å²) < 4.78 is 0. The third-order valence-corrected chi connectivity index (χ3v) is 3.12. The highest BCUT2D eigenvalue weighted by Gasteiger charge is 2.06. The Bertz CT molecular complexity index is 627. The van der Waals surface area contributed by atoms with E-state index < -0.39 is 0 Å². The first-order chi connectivity index (χ1) is 8.97. The Labute approximate surface area is 113 Å². The van der Waals surface area contributed by atoms with Crippen LogP contribution in [-0.2, 0) is 6.54 Å². The van der Waals surface area contributed by atoms with Gasteiger partial charge in [0.25, 0.3) is 5.56 Å². The van der Waals surface area contributed by atoms with E-state index >= 15 is 0 Å². The molecular formula is C15H19N3O. The Kier molecular flexibility index (Phi) is 3.81. The zero-order valence-corrected chi connectivity index (χ0v) is 11.8. The molecule has 0 atom stereocenters. The molecule has 2 rings (SSSR count). The van der Waals surface area contributed by atoms with E-state index in [9.17, 15) is 4.79 Å². The number of benzene rings is 1. The van der Waals surface area contributed by atoms with Gasteiger partial charge in [-0.15, -0.1) is 0 Å². The van der Waals surface area contributed by atoms with Crippen LogP contribution in [0, 0.1) is 13.8 Å². The number of nitrogens with one attached hydrogen (secondary N) is 1. The van der Waals surface area contributed by atoms with Crippen LogP contribution < -0.4 is 5.56 Å². The van der Waals surface area contributed by atoms with Gasteiger partial charge in [0.1, 0.15) is 5.82 Å². The highest BCUT2D eigenvalue weighted by Crippen LogP contribution is 2.16. The van der Waals surface area contributed by atoms with Crippen molar-refractivity contribution < 1.29 is 0 Å². The van der Waals surface area contributed by atoms with Crippen molar-refractivity contribution in [2.75, 3.05) is 14.1 Å². The largest absolute Gasteiger partial charge is 0.306 e. The van der Waals surface area contributed by atoms with E-state index in [0.29, 0.717) is 11.4 Å². The monoisotopic (exact) mass is 257 g/mol. The van der Waals surface area contributed by atoms with Crippen LogP contribution in [0.25, 0.3) is 11.4 Å². The summed E-state index contributed by atoms with van der Waals surface area (Å²) >= 11 is 0. The van der Waals surface area contributed by atoms with Crippen LogP contribution in [0.1, 0.15) is 16.8 Å². The highest BCUT2D eigenvalue weighted by atomic mass is 16.1. The molecule has 100 valence electrons. The molecule has 1 aromatic heterocycles. The summed E-state index contributed by atoms with van der Waals surface area (Å²) in [7, 11) is 4.08. The zero-order valence-electron chi connectivity index (χ0n) is 11.8. The third kappa shape index (κ3) is 3.09. The van der Waals surface area contributed by atoms with Crippen LogP contribution in [-0.4, -0.2) is 29.0 Å². The number of hydrogen-bond acceptors (Lipinski definition) is 3. The smallest absolute Gasteiger partial charge is 0.254 e. The first-order valence-corrected chi connectivity index (χ1v) is 6.29. The second-order valence-corrected chi connectivity index (χ2v) is 5.06. The fourth-order valence-electron chi connectivity index (χ4n) is 1.91. The third-order valence-electron chi connectivity index (χ3n) is 3.12. The molecule has 0 radical (unpaired) electrons. The minimum Gasteiger partial charge on any atom is -0.306 e. The average Bonchev–Trinajstić information content (AvgIpc) is 2.35. The molecule has 0 fully saturated rings. The summed E-state index contributed by atoms with van der Waals surface area (Å²) in [6.45, 7) is 4.54. The molecule has 0 aliphatic carbocycles. The number of rotatable bonds is 3. The Balaban J connectivity index is 2.35. The molecule has 2 aromatic rings. The van der Waals surface area contributed by atoms with Gasteiger partial charge < -0.3 is 9.88 Å². The molecular weight excluding hydrogens is 238 g/mol. The molecule has 0 unspecified atom stereocenters. The van der Waals surface area contributed by atoms with E-state index in [-0.39, 0.29) is 5.56 Å². The zero-order chi connectivity index (χ0) is 14.0. The van der Waals surface area contributed by atoms with Crippen molar-refractivity contribution in [3.63, 3.8) is 0 Å². The molecule has 0 aliphatic heterocycles. The second kappa shape index (κ2) is 5.36. The van der Waals surface area contributed by atoms with Gasteiger partial charge in [0.2, 0.25) is 0 Å². The minimum atomic E-state index is -0.0696. The van der Waals surface area contributed by atoms with E-state index in [4.69, 9.17) is 0 Å². The second-order valence-electron chi connectivity index (χ2n) is 5.06. The van der Waals surface area contributed by atoms with Crippen molar-refractivity contribution in [3.8, 4) is 11.4 Å². The normalized spacial score (nSPS) is 11.0. The first-order valence-electron chi connectivity index (χ1n) is 6.29. The van der Waals surface area contributed by atoms with Crippen LogP contribution in [0.2, 0.25) is 0 Å². The number of aromatic amines is 1. The van der Waals surface area contributed by atoms with E-state index in [0.717, 1.165) is 17.8 Å². The van der Waals surface area contributed by atoms with Crippen molar-refractivity contribution in [3.05, 3.63) is 51.4 Å². The van der Waals surface area contributed by atoms with Gasteiger partial charge in [0.05, 0.1) is 0 Å². The van der Waals surface area contributed by atoms with Crippen LogP contribution in [0.15, 0.2) is 29.1 Å². The van der Waals surface area contributed by atoms with E-state index in [1.165, 1.54) is 5.56 Å². The Morgan fingerprint density at radius 3 is 2.32 bits per heavy atom. The number of aryl methyl sites for hydroxylation is 1. The molecule has 4 heteroatoms. The maximum Gasteiger partial charge on any atom is 0.254 e. The molecule has 0 saturated carbocycles. The van der Waals surface area contributed by atoms with Gasteiger partial charge >= 0.3 is 0 Å². The summed E-state index contributed by atoms with van der Waals surface area (Å²) in [5.74, 6) is 0.629. The SMILES string of the molecule is Cc1nc(-c2ccc(CN(C)C)cc2)[nH]c(=O)c1C. The van der Waals surface area contributed by atoms with Crippen molar-refractivity contribution in [1.82, 2.24) is 14.9 Å². The van der Waals surface area contributed by atoms with Gasteiger partial charge in [0.15, 0.2) is 0 Å². The van der Waals surface area contributed by atoms with Gasteiger partial charge in [0, 0.05) is 23.4 Å². The molecule has 0 amide bonds.